The second kappa shape index (κ2) is 7.13. The minimum atomic E-state index is 0.0847. The van der Waals surface area contributed by atoms with Crippen LogP contribution in [0, 0.1) is 0 Å². The molecule has 0 atom stereocenters. The van der Waals surface area contributed by atoms with E-state index < -0.39 is 0 Å². The van der Waals surface area contributed by atoms with Crippen LogP contribution >= 0.6 is 0 Å². The van der Waals surface area contributed by atoms with E-state index in [1.165, 1.54) is 0 Å². The highest BCUT2D eigenvalue weighted by molar-refractivity contribution is 5.76. The molecule has 0 aromatic carbocycles. The molecular weight excluding hydrogens is 242 g/mol. The molecule has 0 aliphatic rings. The summed E-state index contributed by atoms with van der Waals surface area (Å²) >= 11 is 0. The van der Waals surface area contributed by atoms with Crippen molar-refractivity contribution in [1.82, 2.24) is 20.2 Å². The number of nitrogens with one attached hydrogen (secondary N) is 2. The molecule has 0 fully saturated rings. The summed E-state index contributed by atoms with van der Waals surface area (Å²) in [5.74, 6) is 1.01. The fourth-order valence-electron chi connectivity index (χ4n) is 1.83. The minimum Gasteiger partial charge on any atom is -0.354 e. The summed E-state index contributed by atoms with van der Waals surface area (Å²) in [6, 6.07) is 0.201. The molecule has 19 heavy (non-hydrogen) atoms. The number of nitrogens with zero attached hydrogens (tertiary/aromatic N) is 3. The molecule has 1 aromatic rings. The van der Waals surface area contributed by atoms with E-state index in [-0.39, 0.29) is 11.9 Å². The summed E-state index contributed by atoms with van der Waals surface area (Å²) < 4.78 is 2.04. The van der Waals surface area contributed by atoms with Crippen LogP contribution in [-0.2, 0) is 18.4 Å². The lowest BCUT2D eigenvalue weighted by molar-refractivity contribution is -0.121. The van der Waals surface area contributed by atoms with Crippen molar-refractivity contribution in [2.75, 3.05) is 25.5 Å². The number of anilines is 1. The first kappa shape index (κ1) is 15.5. The Morgan fingerprint density at radius 1 is 1.47 bits per heavy atom. The number of rotatable bonds is 7. The monoisotopic (exact) mass is 267 g/mol. The quantitative estimate of drug-likeness (QED) is 0.706. The lowest BCUT2D eigenvalue weighted by Crippen LogP contribution is -2.32. The summed E-state index contributed by atoms with van der Waals surface area (Å²) in [6.45, 7) is 5.31. The number of amides is 1. The zero-order valence-electron chi connectivity index (χ0n) is 12.5. The summed E-state index contributed by atoms with van der Waals surface area (Å²) in [6.07, 6.45) is 2.35. The van der Waals surface area contributed by atoms with Gasteiger partial charge in [0.15, 0.2) is 0 Å². The molecule has 0 aliphatic carbocycles. The Morgan fingerprint density at radius 3 is 2.68 bits per heavy atom. The molecule has 1 amide bonds. The highest BCUT2D eigenvalue weighted by atomic mass is 16.1. The molecule has 0 saturated heterocycles. The van der Waals surface area contributed by atoms with E-state index in [4.69, 9.17) is 0 Å². The van der Waals surface area contributed by atoms with Gasteiger partial charge in [-0.25, -0.2) is 4.98 Å². The highest BCUT2D eigenvalue weighted by Gasteiger charge is 2.08. The van der Waals surface area contributed by atoms with Crippen LogP contribution in [0.5, 0.6) is 0 Å². The number of aromatic nitrogens is 2. The van der Waals surface area contributed by atoms with Crippen LogP contribution in [0.1, 0.15) is 26.0 Å². The van der Waals surface area contributed by atoms with Gasteiger partial charge in [-0.2, -0.15) is 0 Å². The second-order valence-corrected chi connectivity index (χ2v) is 5.15. The van der Waals surface area contributed by atoms with Gasteiger partial charge in [-0.05, 0) is 13.8 Å². The van der Waals surface area contributed by atoms with E-state index in [1.54, 1.807) is 0 Å². The number of carbonyl (C=O) groups is 1. The van der Waals surface area contributed by atoms with Crippen molar-refractivity contribution in [2.45, 2.75) is 32.9 Å². The van der Waals surface area contributed by atoms with Crippen molar-refractivity contribution < 1.29 is 4.79 Å². The minimum absolute atomic E-state index is 0.0847. The number of hydrogen-bond donors (Lipinski definition) is 2. The van der Waals surface area contributed by atoms with E-state index in [0.717, 1.165) is 11.6 Å². The van der Waals surface area contributed by atoms with Gasteiger partial charge in [-0.15, -0.1) is 0 Å². The normalized spacial score (nSPS) is 10.8. The third-order valence-electron chi connectivity index (χ3n) is 2.74. The van der Waals surface area contributed by atoms with E-state index >= 15 is 0 Å². The van der Waals surface area contributed by atoms with Gasteiger partial charge in [0.1, 0.15) is 0 Å². The van der Waals surface area contributed by atoms with E-state index in [1.807, 2.05) is 50.7 Å². The lowest BCUT2D eigenvalue weighted by Gasteiger charge is -2.13. The van der Waals surface area contributed by atoms with Crippen LogP contribution < -0.4 is 15.5 Å². The Labute approximate surface area is 115 Å². The largest absolute Gasteiger partial charge is 0.354 e. The van der Waals surface area contributed by atoms with Crippen LogP contribution in [0.3, 0.4) is 0 Å². The maximum atomic E-state index is 11.4. The molecule has 0 spiro atoms. The van der Waals surface area contributed by atoms with Crippen molar-refractivity contribution in [3.8, 4) is 0 Å². The summed E-state index contributed by atoms with van der Waals surface area (Å²) in [7, 11) is 5.93. The summed E-state index contributed by atoms with van der Waals surface area (Å²) in [4.78, 5) is 17.8. The standard InChI is InChI=1S/C13H25N5O/c1-10(2)16-12(19)6-7-14-8-11-9-15-13(17(3)4)18(11)5/h9-10,14H,6-8H2,1-5H3,(H,16,19). The second-order valence-electron chi connectivity index (χ2n) is 5.15. The molecule has 0 bridgehead atoms. The first-order chi connectivity index (χ1) is 8.91. The van der Waals surface area contributed by atoms with Gasteiger partial charge in [0.2, 0.25) is 11.9 Å². The van der Waals surface area contributed by atoms with E-state index in [0.29, 0.717) is 19.5 Å². The average Bonchev–Trinajstić information content (AvgIpc) is 2.65. The van der Waals surface area contributed by atoms with E-state index in [2.05, 4.69) is 15.6 Å². The Balaban J connectivity index is 2.32. The van der Waals surface area contributed by atoms with Crippen molar-refractivity contribution in [3.63, 3.8) is 0 Å². The van der Waals surface area contributed by atoms with E-state index in [9.17, 15) is 4.79 Å². The summed E-state index contributed by atoms with van der Waals surface area (Å²) in [5, 5.41) is 6.13. The first-order valence-corrected chi connectivity index (χ1v) is 6.59. The van der Waals surface area contributed by atoms with Crippen molar-refractivity contribution in [1.29, 1.82) is 0 Å². The van der Waals surface area contributed by atoms with Crippen molar-refractivity contribution in [3.05, 3.63) is 11.9 Å². The Bertz CT molecular complexity index is 411. The third kappa shape index (κ3) is 4.90. The first-order valence-electron chi connectivity index (χ1n) is 6.59. The fourth-order valence-corrected chi connectivity index (χ4v) is 1.83. The SMILES string of the molecule is CC(C)NC(=O)CCNCc1cnc(N(C)C)n1C. The molecule has 2 N–H and O–H groups in total. The van der Waals surface area contributed by atoms with Gasteiger partial charge >= 0.3 is 0 Å². The zero-order chi connectivity index (χ0) is 14.4. The van der Waals surface area contributed by atoms with Crippen LogP contribution in [0.15, 0.2) is 6.20 Å². The maximum absolute atomic E-state index is 11.4. The van der Waals surface area contributed by atoms with Crippen LogP contribution in [0.2, 0.25) is 0 Å². The molecule has 0 radical (unpaired) electrons. The number of hydrogen-bond acceptors (Lipinski definition) is 4. The predicted octanol–water partition coefficient (Wildman–Crippen LogP) is 0.490. The Hall–Kier alpha value is -1.56. The average molecular weight is 267 g/mol. The van der Waals surface area contributed by atoms with Gasteiger partial charge in [-0.1, -0.05) is 0 Å². The molecule has 1 heterocycles. The molecule has 1 rings (SSSR count). The van der Waals surface area contributed by atoms with Crippen LogP contribution in [0.4, 0.5) is 5.95 Å². The molecule has 1 aromatic heterocycles. The molecule has 0 aliphatic heterocycles. The van der Waals surface area contributed by atoms with Crippen LogP contribution in [-0.4, -0.2) is 42.1 Å². The smallest absolute Gasteiger partial charge is 0.221 e. The number of imidazole rings is 1. The Kier molecular flexibility index (Phi) is 5.82. The van der Waals surface area contributed by atoms with Crippen LogP contribution in [0.25, 0.3) is 0 Å². The molecule has 108 valence electrons. The third-order valence-corrected chi connectivity index (χ3v) is 2.74. The highest BCUT2D eigenvalue weighted by Crippen LogP contribution is 2.10. The van der Waals surface area contributed by atoms with Gasteiger partial charge < -0.3 is 20.1 Å². The molecule has 6 nitrogen and oxygen atoms in total. The fraction of sp³-hybridized carbons (Fsp3) is 0.692. The summed E-state index contributed by atoms with van der Waals surface area (Å²) in [5.41, 5.74) is 1.10. The molecular formula is C13H25N5O. The molecule has 6 heteroatoms. The van der Waals surface area contributed by atoms with Gasteiger partial charge in [0.05, 0.1) is 11.9 Å². The molecule has 0 unspecified atom stereocenters. The maximum Gasteiger partial charge on any atom is 0.221 e. The van der Waals surface area contributed by atoms with Gasteiger partial charge in [0, 0.05) is 46.7 Å². The van der Waals surface area contributed by atoms with Gasteiger partial charge in [-0.3, -0.25) is 4.79 Å². The zero-order valence-corrected chi connectivity index (χ0v) is 12.5. The topological polar surface area (TPSA) is 62.2 Å². The van der Waals surface area contributed by atoms with Crippen molar-refractivity contribution >= 4 is 11.9 Å². The Morgan fingerprint density at radius 2 is 2.16 bits per heavy atom. The number of carbonyl (C=O) groups excluding carboxylic acids is 1. The van der Waals surface area contributed by atoms with Crippen molar-refractivity contribution in [2.24, 2.45) is 7.05 Å². The van der Waals surface area contributed by atoms with Gasteiger partial charge in [0.25, 0.3) is 0 Å². The predicted molar refractivity (Wildman–Crippen MR) is 77.1 cm³/mol. The lowest BCUT2D eigenvalue weighted by atomic mass is 10.3. The molecule has 0 saturated carbocycles.